The summed E-state index contributed by atoms with van der Waals surface area (Å²) < 4.78 is 0. The van der Waals surface area contributed by atoms with Crippen molar-refractivity contribution in [2.45, 2.75) is 51.9 Å². The second-order valence-corrected chi connectivity index (χ2v) is 6.97. The molecular weight excluding hydrogens is 252 g/mol. The monoisotopic (exact) mass is 282 g/mol. The number of aliphatic hydroxyl groups is 1. The van der Waals surface area contributed by atoms with Crippen LogP contribution in [0.3, 0.4) is 0 Å². The predicted molar refractivity (Wildman–Crippen MR) is 80.5 cm³/mol. The molecule has 1 heterocycles. The molecule has 0 aromatic heterocycles. The number of rotatable bonds is 6. The molecule has 2 aliphatic rings. The van der Waals surface area contributed by atoms with Gasteiger partial charge in [-0.2, -0.15) is 0 Å². The Labute approximate surface area is 122 Å². The summed E-state index contributed by atoms with van der Waals surface area (Å²) in [4.78, 5) is 14.3. The van der Waals surface area contributed by atoms with Crippen LogP contribution in [-0.4, -0.2) is 48.7 Å². The van der Waals surface area contributed by atoms with Gasteiger partial charge in [0, 0.05) is 31.0 Å². The van der Waals surface area contributed by atoms with Gasteiger partial charge < -0.3 is 15.3 Å². The maximum atomic E-state index is 11.9. The van der Waals surface area contributed by atoms with Gasteiger partial charge in [-0.3, -0.25) is 4.79 Å². The number of amides is 1. The molecule has 1 unspecified atom stereocenters. The number of carbonyl (C=O) groups excluding carboxylic acids is 1. The van der Waals surface area contributed by atoms with E-state index in [1.54, 1.807) is 0 Å². The molecule has 2 N–H and O–H groups in total. The van der Waals surface area contributed by atoms with E-state index in [-0.39, 0.29) is 23.8 Å². The SMILES string of the molecule is CC1(CO)CCCN(CCCNC(=O)C2CCCC2)C1. The van der Waals surface area contributed by atoms with Crippen molar-refractivity contribution in [2.75, 3.05) is 32.8 Å². The smallest absolute Gasteiger partial charge is 0.223 e. The number of likely N-dealkylation sites (tertiary alicyclic amines) is 1. The Bertz CT molecular complexity index is 316. The molecule has 1 amide bonds. The molecule has 20 heavy (non-hydrogen) atoms. The van der Waals surface area contributed by atoms with Crippen LogP contribution < -0.4 is 5.32 Å². The van der Waals surface area contributed by atoms with Gasteiger partial charge in [-0.05, 0) is 45.2 Å². The maximum Gasteiger partial charge on any atom is 0.223 e. The lowest BCUT2D eigenvalue weighted by Gasteiger charge is -2.39. The summed E-state index contributed by atoms with van der Waals surface area (Å²) in [5.41, 5.74) is 0.0747. The van der Waals surface area contributed by atoms with E-state index >= 15 is 0 Å². The molecule has 4 heteroatoms. The van der Waals surface area contributed by atoms with Crippen molar-refractivity contribution in [1.82, 2.24) is 10.2 Å². The first-order chi connectivity index (χ1) is 9.63. The average Bonchev–Trinajstić information content (AvgIpc) is 2.98. The van der Waals surface area contributed by atoms with Crippen LogP contribution in [0.2, 0.25) is 0 Å². The molecule has 1 aliphatic carbocycles. The lowest BCUT2D eigenvalue weighted by Crippen LogP contribution is -2.44. The minimum absolute atomic E-state index is 0.0747. The average molecular weight is 282 g/mol. The zero-order valence-corrected chi connectivity index (χ0v) is 12.9. The minimum atomic E-state index is 0.0747. The summed E-state index contributed by atoms with van der Waals surface area (Å²) in [6, 6.07) is 0. The van der Waals surface area contributed by atoms with Gasteiger partial charge in [-0.25, -0.2) is 0 Å². The van der Waals surface area contributed by atoms with Gasteiger partial charge in [0.05, 0.1) is 0 Å². The Morgan fingerprint density at radius 2 is 2.10 bits per heavy atom. The lowest BCUT2D eigenvalue weighted by atomic mass is 9.83. The van der Waals surface area contributed by atoms with E-state index < -0.39 is 0 Å². The fourth-order valence-electron chi connectivity index (χ4n) is 3.59. The molecule has 0 bridgehead atoms. The summed E-state index contributed by atoms with van der Waals surface area (Å²) in [7, 11) is 0. The van der Waals surface area contributed by atoms with Gasteiger partial charge >= 0.3 is 0 Å². The van der Waals surface area contributed by atoms with Crippen LogP contribution >= 0.6 is 0 Å². The first kappa shape index (κ1) is 15.8. The van der Waals surface area contributed by atoms with E-state index in [0.29, 0.717) is 0 Å². The zero-order valence-electron chi connectivity index (χ0n) is 12.9. The zero-order chi connectivity index (χ0) is 14.4. The number of aliphatic hydroxyl groups excluding tert-OH is 1. The summed E-state index contributed by atoms with van der Waals surface area (Å²) in [6.45, 7) is 6.39. The Hall–Kier alpha value is -0.610. The van der Waals surface area contributed by atoms with E-state index in [9.17, 15) is 9.90 Å². The molecule has 0 aromatic rings. The van der Waals surface area contributed by atoms with Gasteiger partial charge in [-0.15, -0.1) is 0 Å². The molecule has 2 rings (SSSR count). The molecule has 1 saturated carbocycles. The number of hydrogen-bond donors (Lipinski definition) is 2. The summed E-state index contributed by atoms with van der Waals surface area (Å²) in [6.07, 6.45) is 7.89. The van der Waals surface area contributed by atoms with E-state index in [4.69, 9.17) is 0 Å². The predicted octanol–water partition coefficient (Wildman–Crippen LogP) is 1.78. The third-order valence-corrected chi connectivity index (χ3v) is 4.92. The number of nitrogens with zero attached hydrogens (tertiary/aromatic N) is 1. The van der Waals surface area contributed by atoms with Crippen molar-refractivity contribution in [3.8, 4) is 0 Å². The minimum Gasteiger partial charge on any atom is -0.396 e. The van der Waals surface area contributed by atoms with Gasteiger partial charge in [0.2, 0.25) is 5.91 Å². The standard InChI is InChI=1S/C16H30N2O2/c1-16(13-19)8-4-10-18(12-16)11-5-9-17-15(20)14-6-2-3-7-14/h14,19H,2-13H2,1H3,(H,17,20). The maximum absolute atomic E-state index is 11.9. The van der Waals surface area contributed by atoms with E-state index in [1.807, 2.05) is 0 Å². The molecule has 4 nitrogen and oxygen atoms in total. The number of carbonyl (C=O) groups is 1. The Morgan fingerprint density at radius 1 is 1.35 bits per heavy atom. The summed E-state index contributed by atoms with van der Waals surface area (Å²) >= 11 is 0. The quantitative estimate of drug-likeness (QED) is 0.730. The number of nitrogens with one attached hydrogen (secondary N) is 1. The fourth-order valence-corrected chi connectivity index (χ4v) is 3.59. The van der Waals surface area contributed by atoms with Crippen LogP contribution in [0.1, 0.15) is 51.9 Å². The summed E-state index contributed by atoms with van der Waals surface area (Å²) in [5, 5.41) is 12.5. The molecule has 0 spiro atoms. The molecular formula is C16H30N2O2. The lowest BCUT2D eigenvalue weighted by molar-refractivity contribution is -0.124. The van der Waals surface area contributed by atoms with E-state index in [1.165, 1.54) is 19.3 Å². The van der Waals surface area contributed by atoms with Crippen LogP contribution in [-0.2, 0) is 4.79 Å². The van der Waals surface area contributed by atoms with Gasteiger partial charge in [0.15, 0.2) is 0 Å². The molecule has 116 valence electrons. The highest BCUT2D eigenvalue weighted by atomic mass is 16.3. The Kier molecular flexibility index (Phi) is 5.85. The fraction of sp³-hybridized carbons (Fsp3) is 0.938. The first-order valence-corrected chi connectivity index (χ1v) is 8.24. The highest BCUT2D eigenvalue weighted by Gasteiger charge is 2.29. The third kappa shape index (κ3) is 4.45. The molecule has 1 saturated heterocycles. The summed E-state index contributed by atoms with van der Waals surface area (Å²) in [5.74, 6) is 0.545. The third-order valence-electron chi connectivity index (χ3n) is 4.92. The molecule has 0 radical (unpaired) electrons. The molecule has 1 atom stereocenters. The second-order valence-electron chi connectivity index (χ2n) is 6.97. The van der Waals surface area contributed by atoms with E-state index in [2.05, 4.69) is 17.1 Å². The van der Waals surface area contributed by atoms with Crippen molar-refractivity contribution < 1.29 is 9.90 Å². The first-order valence-electron chi connectivity index (χ1n) is 8.24. The van der Waals surface area contributed by atoms with Crippen molar-refractivity contribution in [2.24, 2.45) is 11.3 Å². The molecule has 0 aromatic carbocycles. The topological polar surface area (TPSA) is 52.6 Å². The van der Waals surface area contributed by atoms with Crippen LogP contribution in [0.15, 0.2) is 0 Å². The van der Waals surface area contributed by atoms with Crippen LogP contribution in [0.4, 0.5) is 0 Å². The van der Waals surface area contributed by atoms with Gasteiger partial charge in [0.25, 0.3) is 0 Å². The van der Waals surface area contributed by atoms with Gasteiger partial charge in [0.1, 0.15) is 0 Å². The normalized spacial score (nSPS) is 28.7. The highest BCUT2D eigenvalue weighted by molar-refractivity contribution is 5.78. The largest absolute Gasteiger partial charge is 0.396 e. The Balaban J connectivity index is 1.59. The van der Waals surface area contributed by atoms with Gasteiger partial charge in [-0.1, -0.05) is 19.8 Å². The number of piperidine rings is 1. The number of hydrogen-bond acceptors (Lipinski definition) is 3. The Morgan fingerprint density at radius 3 is 2.80 bits per heavy atom. The van der Waals surface area contributed by atoms with E-state index in [0.717, 1.165) is 51.9 Å². The molecule has 1 aliphatic heterocycles. The molecule has 2 fully saturated rings. The second kappa shape index (κ2) is 7.41. The van der Waals surface area contributed by atoms with Crippen molar-refractivity contribution in [3.05, 3.63) is 0 Å². The van der Waals surface area contributed by atoms with Crippen LogP contribution in [0.25, 0.3) is 0 Å². The van der Waals surface area contributed by atoms with Crippen molar-refractivity contribution in [1.29, 1.82) is 0 Å². The van der Waals surface area contributed by atoms with Crippen molar-refractivity contribution in [3.63, 3.8) is 0 Å². The van der Waals surface area contributed by atoms with Crippen LogP contribution in [0.5, 0.6) is 0 Å². The highest BCUT2D eigenvalue weighted by Crippen LogP contribution is 2.28. The van der Waals surface area contributed by atoms with Crippen LogP contribution in [0, 0.1) is 11.3 Å². The van der Waals surface area contributed by atoms with Crippen molar-refractivity contribution >= 4 is 5.91 Å².